The predicted octanol–water partition coefficient (Wildman–Crippen LogP) is 2.78. The molecule has 2 aliphatic rings. The third kappa shape index (κ3) is 7.17. The van der Waals surface area contributed by atoms with Crippen molar-refractivity contribution in [2.75, 3.05) is 51.3 Å². The maximum Gasteiger partial charge on any atom is 0.410 e. The largest absolute Gasteiger partial charge is 0.462 e. The Morgan fingerprint density at radius 1 is 1.15 bits per heavy atom. The fourth-order valence-electron chi connectivity index (χ4n) is 4.95. The third-order valence-corrected chi connectivity index (χ3v) is 7.12. The summed E-state index contributed by atoms with van der Waals surface area (Å²) in [6.45, 7) is 3.09. The monoisotopic (exact) mass is 567 g/mol. The molecule has 0 N–H and O–H groups in total. The molecule has 14 nitrogen and oxygen atoms in total. The summed E-state index contributed by atoms with van der Waals surface area (Å²) in [5.74, 6) is -1.11. The van der Waals surface area contributed by atoms with Crippen LogP contribution in [0.5, 0.6) is 6.01 Å². The Bertz CT molecular complexity index is 1290. The van der Waals surface area contributed by atoms with Crippen molar-refractivity contribution in [2.45, 2.75) is 44.9 Å². The number of piperazine rings is 1. The van der Waals surface area contributed by atoms with Crippen LogP contribution in [0, 0.1) is 21.4 Å². The molecule has 4 rings (SSSR count). The van der Waals surface area contributed by atoms with Crippen LogP contribution in [0.15, 0.2) is 30.3 Å². The topological polar surface area (TPSA) is 164 Å². The van der Waals surface area contributed by atoms with Crippen LogP contribution in [0.2, 0.25) is 0 Å². The molecule has 2 fully saturated rings. The lowest BCUT2D eigenvalue weighted by Gasteiger charge is -2.40. The SMILES string of the molecule is CCOC(=O)c1nc(OC[C@@H]2CCCN2C)nc(N2CCN(C(=O)OCc3ccccc3)[C@@H](CC#N)C2)c1[N+](=O)[O-]. The molecule has 1 aromatic carbocycles. The Balaban J connectivity index is 1.59. The van der Waals surface area contributed by atoms with E-state index in [0.29, 0.717) is 0 Å². The molecule has 2 aromatic rings. The van der Waals surface area contributed by atoms with Crippen LogP contribution in [0.4, 0.5) is 16.3 Å². The maximum atomic E-state index is 12.9. The van der Waals surface area contributed by atoms with Crippen molar-refractivity contribution in [1.29, 1.82) is 5.26 Å². The highest BCUT2D eigenvalue weighted by atomic mass is 16.6. The van der Waals surface area contributed by atoms with E-state index in [1.807, 2.05) is 37.4 Å². The van der Waals surface area contributed by atoms with E-state index in [-0.39, 0.29) is 63.7 Å². The molecular formula is C27H33N7O7. The zero-order valence-corrected chi connectivity index (χ0v) is 23.1. The quantitative estimate of drug-likeness (QED) is 0.235. The lowest BCUT2D eigenvalue weighted by molar-refractivity contribution is -0.385. The van der Waals surface area contributed by atoms with Gasteiger partial charge in [-0.2, -0.15) is 15.2 Å². The minimum absolute atomic E-state index is 0.00755. The second-order valence-corrected chi connectivity index (χ2v) is 9.79. The van der Waals surface area contributed by atoms with Gasteiger partial charge < -0.3 is 28.9 Å². The van der Waals surface area contributed by atoms with E-state index in [4.69, 9.17) is 14.2 Å². The fraction of sp³-hybridized carbons (Fsp3) is 0.519. The van der Waals surface area contributed by atoms with Gasteiger partial charge in [0.1, 0.15) is 13.2 Å². The number of nitro groups is 1. The average Bonchev–Trinajstić information content (AvgIpc) is 3.39. The molecule has 0 unspecified atom stereocenters. The summed E-state index contributed by atoms with van der Waals surface area (Å²) < 4.78 is 16.4. The minimum atomic E-state index is -0.970. The van der Waals surface area contributed by atoms with Crippen LogP contribution in [0.3, 0.4) is 0 Å². The molecular weight excluding hydrogens is 534 g/mol. The first-order valence-corrected chi connectivity index (χ1v) is 13.5. The highest BCUT2D eigenvalue weighted by Crippen LogP contribution is 2.33. The van der Waals surface area contributed by atoms with Gasteiger partial charge in [-0.05, 0) is 38.9 Å². The van der Waals surface area contributed by atoms with Crippen molar-refractivity contribution in [1.82, 2.24) is 19.8 Å². The number of rotatable bonds is 10. The molecule has 0 radical (unpaired) electrons. The number of likely N-dealkylation sites (N-methyl/N-ethyl adjacent to an activating group) is 1. The second kappa shape index (κ2) is 13.7. The molecule has 0 aliphatic carbocycles. The summed E-state index contributed by atoms with van der Waals surface area (Å²) in [6, 6.07) is 10.6. The van der Waals surface area contributed by atoms with E-state index >= 15 is 0 Å². The van der Waals surface area contributed by atoms with Crippen LogP contribution < -0.4 is 9.64 Å². The molecule has 2 saturated heterocycles. The van der Waals surface area contributed by atoms with Gasteiger partial charge in [0.05, 0.1) is 30.1 Å². The Morgan fingerprint density at radius 2 is 1.93 bits per heavy atom. The second-order valence-electron chi connectivity index (χ2n) is 9.79. The van der Waals surface area contributed by atoms with Crippen LogP contribution in [-0.4, -0.2) is 95.3 Å². The molecule has 41 heavy (non-hydrogen) atoms. The third-order valence-electron chi connectivity index (χ3n) is 7.12. The summed E-state index contributed by atoms with van der Waals surface area (Å²) >= 11 is 0. The average molecular weight is 568 g/mol. The van der Waals surface area contributed by atoms with Crippen LogP contribution in [0.25, 0.3) is 0 Å². The molecule has 0 saturated carbocycles. The smallest absolute Gasteiger partial charge is 0.410 e. The summed E-state index contributed by atoms with van der Waals surface area (Å²) in [4.78, 5) is 50.8. The van der Waals surface area contributed by atoms with Crippen molar-refractivity contribution >= 4 is 23.6 Å². The first-order chi connectivity index (χ1) is 19.8. The number of carbonyl (C=O) groups is 2. The van der Waals surface area contributed by atoms with Crippen LogP contribution in [-0.2, 0) is 16.1 Å². The number of amides is 1. The van der Waals surface area contributed by atoms with E-state index in [1.165, 1.54) is 4.90 Å². The molecule has 2 atom stereocenters. The summed E-state index contributed by atoms with van der Waals surface area (Å²) in [6.07, 6.45) is 1.29. The van der Waals surface area contributed by atoms with Crippen molar-refractivity contribution in [3.05, 3.63) is 51.7 Å². The van der Waals surface area contributed by atoms with E-state index in [2.05, 4.69) is 20.9 Å². The number of carbonyl (C=O) groups excluding carboxylic acids is 2. The number of anilines is 1. The van der Waals surface area contributed by atoms with Gasteiger partial charge in [-0.15, -0.1) is 0 Å². The van der Waals surface area contributed by atoms with Crippen molar-refractivity contribution in [3.63, 3.8) is 0 Å². The zero-order chi connectivity index (χ0) is 29.4. The standard InChI is InChI=1S/C27H33N7O7/c1-3-39-25(35)22-23(34(37)38)24(30-26(29-22)40-18-21-10-7-13-31(21)2)32-14-15-33(20(16-32)11-12-28)27(36)41-17-19-8-5-4-6-9-19/h4-6,8-9,20-21H,3,7,10-11,13-18H2,1-2H3/t20-,21-/m0/s1. The molecule has 3 heterocycles. The van der Waals surface area contributed by atoms with E-state index in [1.54, 1.807) is 11.8 Å². The molecule has 218 valence electrons. The lowest BCUT2D eigenvalue weighted by Crippen LogP contribution is -2.55. The van der Waals surface area contributed by atoms with Crippen LogP contribution in [0.1, 0.15) is 42.2 Å². The Labute approximate surface area is 237 Å². The Morgan fingerprint density at radius 3 is 2.59 bits per heavy atom. The van der Waals surface area contributed by atoms with Crippen molar-refractivity contribution in [3.8, 4) is 12.1 Å². The first kappa shape index (κ1) is 29.5. The molecule has 14 heteroatoms. The van der Waals surface area contributed by atoms with E-state index in [9.17, 15) is 25.0 Å². The number of ether oxygens (including phenoxy) is 3. The number of esters is 1. The lowest BCUT2D eigenvalue weighted by atomic mass is 10.1. The van der Waals surface area contributed by atoms with Gasteiger partial charge >= 0.3 is 23.8 Å². The number of nitriles is 1. The summed E-state index contributed by atoms with van der Waals surface area (Å²) in [7, 11) is 1.98. The number of hydrogen-bond acceptors (Lipinski definition) is 12. The molecule has 1 aromatic heterocycles. The molecule has 0 bridgehead atoms. The molecule has 2 aliphatic heterocycles. The number of benzene rings is 1. The van der Waals surface area contributed by atoms with Gasteiger partial charge in [0, 0.05) is 25.7 Å². The van der Waals surface area contributed by atoms with Crippen LogP contribution >= 0.6 is 0 Å². The van der Waals surface area contributed by atoms with Gasteiger partial charge in [0.2, 0.25) is 11.5 Å². The molecule has 0 spiro atoms. The maximum absolute atomic E-state index is 12.9. The highest BCUT2D eigenvalue weighted by molar-refractivity contribution is 5.94. The number of nitrogens with zero attached hydrogens (tertiary/aromatic N) is 7. The summed E-state index contributed by atoms with van der Waals surface area (Å²) in [5.41, 5.74) is -0.321. The number of likely N-dealkylation sites (tertiary alicyclic amines) is 1. The van der Waals surface area contributed by atoms with Crippen molar-refractivity contribution in [2.24, 2.45) is 0 Å². The van der Waals surface area contributed by atoms with Gasteiger partial charge in [-0.3, -0.25) is 10.1 Å². The number of aromatic nitrogens is 2. The fourth-order valence-corrected chi connectivity index (χ4v) is 4.95. The number of hydrogen-bond donors (Lipinski definition) is 0. The molecule has 1 amide bonds. The van der Waals surface area contributed by atoms with E-state index < -0.39 is 34.4 Å². The van der Waals surface area contributed by atoms with Gasteiger partial charge in [0.15, 0.2) is 0 Å². The van der Waals surface area contributed by atoms with Crippen molar-refractivity contribution < 1.29 is 28.7 Å². The predicted molar refractivity (Wildman–Crippen MR) is 145 cm³/mol. The normalized spacial score (nSPS) is 19.0. The van der Waals surface area contributed by atoms with Gasteiger partial charge in [0.25, 0.3) is 0 Å². The van der Waals surface area contributed by atoms with Gasteiger partial charge in [-0.25, -0.2) is 9.59 Å². The first-order valence-electron chi connectivity index (χ1n) is 13.5. The van der Waals surface area contributed by atoms with Gasteiger partial charge in [-0.1, -0.05) is 30.3 Å². The Kier molecular flexibility index (Phi) is 9.86. The zero-order valence-electron chi connectivity index (χ0n) is 23.1. The minimum Gasteiger partial charge on any atom is -0.462 e. The highest BCUT2D eigenvalue weighted by Gasteiger charge is 2.38. The summed E-state index contributed by atoms with van der Waals surface area (Å²) in [5, 5.41) is 21.7. The van der Waals surface area contributed by atoms with E-state index in [0.717, 1.165) is 24.9 Å². The Hall–Kier alpha value is -4.51.